The number of piperidine rings is 1. The number of halogens is 2. The molecule has 1 fully saturated rings. The molecule has 3 rings (SSSR count). The molecular formula is C15H18Cl2N4. The van der Waals surface area contributed by atoms with Crippen molar-refractivity contribution >= 4 is 40.1 Å². The second-order valence-electron chi connectivity index (χ2n) is 5.69. The van der Waals surface area contributed by atoms with E-state index in [9.17, 15) is 0 Å². The van der Waals surface area contributed by atoms with Gasteiger partial charge >= 0.3 is 0 Å². The molecule has 21 heavy (non-hydrogen) atoms. The molecule has 1 aromatic carbocycles. The van der Waals surface area contributed by atoms with E-state index in [1.54, 1.807) is 12.1 Å². The highest BCUT2D eigenvalue weighted by Crippen LogP contribution is 2.27. The van der Waals surface area contributed by atoms with Gasteiger partial charge in [0.25, 0.3) is 0 Å². The maximum absolute atomic E-state index is 6.07. The van der Waals surface area contributed by atoms with E-state index < -0.39 is 0 Å². The lowest BCUT2D eigenvalue weighted by Crippen LogP contribution is -2.45. The van der Waals surface area contributed by atoms with Gasteiger partial charge in [-0.2, -0.15) is 0 Å². The maximum atomic E-state index is 6.07. The Morgan fingerprint density at radius 1 is 1.19 bits per heavy atom. The van der Waals surface area contributed by atoms with Gasteiger partial charge in [0, 0.05) is 19.1 Å². The number of fused-ring (bicyclic) bond motifs is 1. The Kier molecular flexibility index (Phi) is 4.20. The molecule has 0 saturated carbocycles. The van der Waals surface area contributed by atoms with Gasteiger partial charge in [0.05, 0.1) is 27.3 Å². The van der Waals surface area contributed by atoms with Crippen LogP contribution in [0.4, 0.5) is 5.82 Å². The van der Waals surface area contributed by atoms with E-state index in [4.69, 9.17) is 28.2 Å². The van der Waals surface area contributed by atoms with Gasteiger partial charge in [-0.05, 0) is 39.1 Å². The molecule has 0 N–H and O–H groups in total. The number of anilines is 1. The molecule has 2 aromatic rings. The fourth-order valence-corrected chi connectivity index (χ4v) is 3.05. The van der Waals surface area contributed by atoms with E-state index in [0.717, 1.165) is 29.9 Å². The van der Waals surface area contributed by atoms with Crippen LogP contribution in [-0.2, 0) is 0 Å². The number of benzene rings is 1. The molecule has 0 aliphatic carbocycles. The van der Waals surface area contributed by atoms with E-state index in [0.29, 0.717) is 16.1 Å². The van der Waals surface area contributed by atoms with Crippen molar-refractivity contribution in [3.8, 4) is 0 Å². The first-order valence-corrected chi connectivity index (χ1v) is 7.83. The fourth-order valence-electron chi connectivity index (χ4n) is 2.74. The summed E-state index contributed by atoms with van der Waals surface area (Å²) >= 11 is 12.1. The van der Waals surface area contributed by atoms with Crippen molar-refractivity contribution in [2.45, 2.75) is 18.9 Å². The SMILES string of the molecule is CN(C)[C@H]1CCCN(c2cnc3cc(Cl)c(Cl)cc3n2)C1. The second-order valence-corrected chi connectivity index (χ2v) is 6.50. The highest BCUT2D eigenvalue weighted by atomic mass is 35.5. The molecule has 4 nitrogen and oxygen atoms in total. The van der Waals surface area contributed by atoms with Gasteiger partial charge in [-0.25, -0.2) is 4.98 Å². The van der Waals surface area contributed by atoms with Crippen molar-refractivity contribution in [2.75, 3.05) is 32.1 Å². The van der Waals surface area contributed by atoms with Crippen molar-refractivity contribution in [1.29, 1.82) is 0 Å². The van der Waals surface area contributed by atoms with Crippen LogP contribution < -0.4 is 4.90 Å². The molecule has 0 amide bonds. The molecule has 0 radical (unpaired) electrons. The third-order valence-corrected chi connectivity index (χ3v) is 4.74. The first-order valence-electron chi connectivity index (χ1n) is 7.08. The molecule has 1 aromatic heterocycles. The second kappa shape index (κ2) is 5.95. The Morgan fingerprint density at radius 2 is 1.90 bits per heavy atom. The van der Waals surface area contributed by atoms with Gasteiger partial charge in [0.15, 0.2) is 0 Å². The molecule has 6 heteroatoms. The third kappa shape index (κ3) is 3.07. The van der Waals surface area contributed by atoms with Gasteiger partial charge in [-0.15, -0.1) is 0 Å². The largest absolute Gasteiger partial charge is 0.354 e. The summed E-state index contributed by atoms with van der Waals surface area (Å²) in [5, 5.41) is 1.03. The predicted octanol–water partition coefficient (Wildman–Crippen LogP) is 3.47. The van der Waals surface area contributed by atoms with Crippen LogP contribution in [0.25, 0.3) is 11.0 Å². The summed E-state index contributed by atoms with van der Waals surface area (Å²) in [6.07, 6.45) is 4.22. The number of nitrogens with zero attached hydrogens (tertiary/aromatic N) is 4. The summed E-state index contributed by atoms with van der Waals surface area (Å²) in [5.41, 5.74) is 1.56. The van der Waals surface area contributed by atoms with Crippen molar-refractivity contribution in [3.05, 3.63) is 28.4 Å². The zero-order chi connectivity index (χ0) is 15.0. The van der Waals surface area contributed by atoms with Crippen LogP contribution in [0, 0.1) is 0 Å². The third-order valence-electron chi connectivity index (χ3n) is 4.02. The van der Waals surface area contributed by atoms with Crippen LogP contribution in [0.3, 0.4) is 0 Å². The Hall–Kier alpha value is -1.10. The summed E-state index contributed by atoms with van der Waals surface area (Å²) in [6.45, 7) is 2.00. The standard InChI is InChI=1S/C15H18Cl2N4/c1-20(2)10-4-3-5-21(9-10)15-8-18-13-6-11(16)12(17)7-14(13)19-15/h6-8,10H,3-5,9H2,1-2H3/t10-/m0/s1. The van der Waals surface area contributed by atoms with Crippen molar-refractivity contribution in [2.24, 2.45) is 0 Å². The first-order chi connectivity index (χ1) is 10.0. The molecule has 0 bridgehead atoms. The topological polar surface area (TPSA) is 32.3 Å². The lowest BCUT2D eigenvalue weighted by molar-refractivity contribution is 0.257. The van der Waals surface area contributed by atoms with Crippen LogP contribution in [0.1, 0.15) is 12.8 Å². The lowest BCUT2D eigenvalue weighted by Gasteiger charge is -2.36. The van der Waals surface area contributed by atoms with Gasteiger partial charge in [-0.3, -0.25) is 4.98 Å². The monoisotopic (exact) mass is 324 g/mol. The van der Waals surface area contributed by atoms with Crippen LogP contribution in [-0.4, -0.2) is 48.1 Å². The number of aromatic nitrogens is 2. The Morgan fingerprint density at radius 3 is 2.62 bits per heavy atom. The zero-order valence-corrected chi connectivity index (χ0v) is 13.7. The highest BCUT2D eigenvalue weighted by Gasteiger charge is 2.22. The van der Waals surface area contributed by atoms with Crippen LogP contribution in [0.2, 0.25) is 10.0 Å². The molecular weight excluding hydrogens is 307 g/mol. The Labute approximate surface area is 134 Å². The average Bonchev–Trinajstić information content (AvgIpc) is 2.48. The maximum Gasteiger partial charge on any atom is 0.147 e. The molecule has 1 aliphatic heterocycles. The van der Waals surface area contributed by atoms with Gasteiger partial charge < -0.3 is 9.80 Å². The smallest absolute Gasteiger partial charge is 0.147 e. The number of hydrogen-bond donors (Lipinski definition) is 0. The Bertz CT molecular complexity index is 659. The number of rotatable bonds is 2. The van der Waals surface area contributed by atoms with E-state index in [1.165, 1.54) is 12.8 Å². The van der Waals surface area contributed by atoms with E-state index >= 15 is 0 Å². The van der Waals surface area contributed by atoms with Gasteiger partial charge in [-0.1, -0.05) is 23.2 Å². The molecule has 0 unspecified atom stereocenters. The summed E-state index contributed by atoms with van der Waals surface area (Å²) in [4.78, 5) is 13.7. The van der Waals surface area contributed by atoms with E-state index in [2.05, 4.69) is 28.9 Å². The number of likely N-dealkylation sites (N-methyl/N-ethyl adjacent to an activating group) is 1. The van der Waals surface area contributed by atoms with Crippen molar-refractivity contribution in [1.82, 2.24) is 14.9 Å². The number of hydrogen-bond acceptors (Lipinski definition) is 4. The van der Waals surface area contributed by atoms with Gasteiger partial charge in [0.2, 0.25) is 0 Å². The molecule has 1 atom stereocenters. The van der Waals surface area contributed by atoms with E-state index in [1.807, 2.05) is 6.20 Å². The van der Waals surface area contributed by atoms with Crippen LogP contribution >= 0.6 is 23.2 Å². The van der Waals surface area contributed by atoms with Crippen molar-refractivity contribution < 1.29 is 0 Å². The minimum absolute atomic E-state index is 0.511. The van der Waals surface area contributed by atoms with Crippen LogP contribution in [0.15, 0.2) is 18.3 Å². The molecule has 0 spiro atoms. The molecule has 1 saturated heterocycles. The first kappa shape index (κ1) is 14.8. The summed E-state index contributed by atoms with van der Waals surface area (Å²) in [7, 11) is 4.25. The lowest BCUT2D eigenvalue weighted by atomic mass is 10.1. The fraction of sp³-hybridized carbons (Fsp3) is 0.467. The highest BCUT2D eigenvalue weighted by molar-refractivity contribution is 6.42. The minimum atomic E-state index is 0.511. The van der Waals surface area contributed by atoms with E-state index in [-0.39, 0.29) is 0 Å². The minimum Gasteiger partial charge on any atom is -0.354 e. The summed E-state index contributed by atoms with van der Waals surface area (Å²) < 4.78 is 0. The Balaban J connectivity index is 1.91. The average molecular weight is 325 g/mol. The van der Waals surface area contributed by atoms with Gasteiger partial charge in [0.1, 0.15) is 5.82 Å². The summed E-state index contributed by atoms with van der Waals surface area (Å²) in [5.74, 6) is 0.910. The molecule has 1 aliphatic rings. The molecule has 112 valence electrons. The predicted molar refractivity (Wildman–Crippen MR) is 88.5 cm³/mol. The van der Waals surface area contributed by atoms with Crippen molar-refractivity contribution in [3.63, 3.8) is 0 Å². The quantitative estimate of drug-likeness (QED) is 0.846. The van der Waals surface area contributed by atoms with Crippen LogP contribution in [0.5, 0.6) is 0 Å². The molecule has 2 heterocycles. The normalized spacial score (nSPS) is 19.5. The zero-order valence-electron chi connectivity index (χ0n) is 12.2. The summed E-state index contributed by atoms with van der Waals surface area (Å²) in [6, 6.07) is 4.10.